The molecule has 3 heteroatoms. The van der Waals surface area contributed by atoms with Gasteiger partial charge in [-0.2, -0.15) is 5.10 Å². The summed E-state index contributed by atoms with van der Waals surface area (Å²) < 4.78 is 2.13. The molecule has 0 aliphatic carbocycles. The summed E-state index contributed by atoms with van der Waals surface area (Å²) in [4.78, 5) is 0. The summed E-state index contributed by atoms with van der Waals surface area (Å²) in [5.41, 5.74) is 3.87. The van der Waals surface area contributed by atoms with Crippen LogP contribution in [0.25, 0.3) is 0 Å². The molecule has 1 aromatic carbocycles. The maximum absolute atomic E-state index is 4.52. The zero-order chi connectivity index (χ0) is 15.1. The van der Waals surface area contributed by atoms with Crippen molar-refractivity contribution in [2.45, 2.75) is 52.6 Å². The van der Waals surface area contributed by atoms with E-state index in [1.54, 1.807) is 0 Å². The molecular formula is C18H27N3. The second-order valence-corrected chi connectivity index (χ2v) is 5.51. The number of aromatic nitrogens is 2. The minimum atomic E-state index is 0.454. The molecule has 0 saturated carbocycles. The second kappa shape index (κ2) is 7.99. The number of hydrogen-bond acceptors (Lipinski definition) is 2. The number of hydrogen-bond donors (Lipinski definition) is 1. The van der Waals surface area contributed by atoms with E-state index in [9.17, 15) is 0 Å². The molecule has 1 atom stereocenters. The van der Waals surface area contributed by atoms with E-state index < -0.39 is 0 Å². The molecule has 3 nitrogen and oxygen atoms in total. The summed E-state index contributed by atoms with van der Waals surface area (Å²) in [5, 5.41) is 8.12. The first kappa shape index (κ1) is 15.8. The summed E-state index contributed by atoms with van der Waals surface area (Å²) in [5.74, 6) is 0. The summed E-state index contributed by atoms with van der Waals surface area (Å²) in [7, 11) is 0. The Kier molecular flexibility index (Phi) is 6.00. The lowest BCUT2D eigenvalue weighted by Gasteiger charge is -2.18. The fraction of sp³-hybridized carbons (Fsp3) is 0.500. The number of rotatable bonds is 8. The molecule has 0 bridgehead atoms. The van der Waals surface area contributed by atoms with Crippen LogP contribution in [-0.2, 0) is 13.0 Å². The minimum Gasteiger partial charge on any atom is -0.310 e. The van der Waals surface area contributed by atoms with Gasteiger partial charge in [0.1, 0.15) is 0 Å². The van der Waals surface area contributed by atoms with E-state index in [1.807, 2.05) is 0 Å². The predicted octanol–water partition coefficient (Wildman–Crippen LogP) is 3.88. The van der Waals surface area contributed by atoms with Gasteiger partial charge in [0, 0.05) is 18.3 Å². The SMILES string of the molecule is CCNC(CCCc1cc(C)nn1CC)c1ccccc1. The zero-order valence-electron chi connectivity index (χ0n) is 13.5. The van der Waals surface area contributed by atoms with Crippen LogP contribution in [0.2, 0.25) is 0 Å². The van der Waals surface area contributed by atoms with Gasteiger partial charge < -0.3 is 5.32 Å². The lowest BCUT2D eigenvalue weighted by atomic mass is 10.0. The molecule has 0 fully saturated rings. The summed E-state index contributed by atoms with van der Waals surface area (Å²) in [6.45, 7) is 8.36. The van der Waals surface area contributed by atoms with Crippen LogP contribution in [0.15, 0.2) is 36.4 Å². The van der Waals surface area contributed by atoms with E-state index in [0.717, 1.165) is 31.6 Å². The predicted molar refractivity (Wildman–Crippen MR) is 88.4 cm³/mol. The molecular weight excluding hydrogens is 258 g/mol. The van der Waals surface area contributed by atoms with Gasteiger partial charge in [0.2, 0.25) is 0 Å². The highest BCUT2D eigenvalue weighted by atomic mass is 15.3. The number of benzene rings is 1. The van der Waals surface area contributed by atoms with Crippen molar-refractivity contribution in [3.63, 3.8) is 0 Å². The molecule has 1 aromatic heterocycles. The van der Waals surface area contributed by atoms with Gasteiger partial charge in [0.15, 0.2) is 0 Å². The van der Waals surface area contributed by atoms with E-state index in [4.69, 9.17) is 0 Å². The molecule has 0 aliphatic heterocycles. The van der Waals surface area contributed by atoms with Crippen LogP contribution >= 0.6 is 0 Å². The Hall–Kier alpha value is -1.61. The molecule has 1 heterocycles. The van der Waals surface area contributed by atoms with E-state index in [-0.39, 0.29) is 0 Å². The van der Waals surface area contributed by atoms with Gasteiger partial charge in [-0.15, -0.1) is 0 Å². The maximum atomic E-state index is 4.52. The topological polar surface area (TPSA) is 29.9 Å². The standard InChI is InChI=1S/C18H27N3/c1-4-19-18(16-10-7-6-8-11-16)13-9-12-17-14-15(3)20-21(17)5-2/h6-8,10-11,14,18-19H,4-5,9,12-13H2,1-3H3. The van der Waals surface area contributed by atoms with Crippen LogP contribution in [0.5, 0.6) is 0 Å². The van der Waals surface area contributed by atoms with Crippen LogP contribution in [0, 0.1) is 6.92 Å². The van der Waals surface area contributed by atoms with Gasteiger partial charge in [-0.05, 0) is 51.3 Å². The van der Waals surface area contributed by atoms with Crippen molar-refractivity contribution in [2.75, 3.05) is 6.54 Å². The lowest BCUT2D eigenvalue weighted by Crippen LogP contribution is -2.21. The van der Waals surface area contributed by atoms with Crippen LogP contribution in [-0.4, -0.2) is 16.3 Å². The third-order valence-electron chi connectivity index (χ3n) is 3.86. The van der Waals surface area contributed by atoms with Gasteiger partial charge in [0.05, 0.1) is 5.69 Å². The average Bonchev–Trinajstić information content (AvgIpc) is 2.87. The minimum absolute atomic E-state index is 0.454. The molecule has 2 aromatic rings. The number of aryl methyl sites for hydroxylation is 3. The van der Waals surface area contributed by atoms with Crippen LogP contribution in [0.3, 0.4) is 0 Å². The summed E-state index contributed by atoms with van der Waals surface area (Å²) in [6.07, 6.45) is 3.44. The largest absolute Gasteiger partial charge is 0.310 e. The van der Waals surface area contributed by atoms with Crippen LogP contribution < -0.4 is 5.32 Å². The van der Waals surface area contributed by atoms with Gasteiger partial charge in [-0.1, -0.05) is 37.3 Å². The maximum Gasteiger partial charge on any atom is 0.0596 e. The van der Waals surface area contributed by atoms with Crippen molar-refractivity contribution in [3.8, 4) is 0 Å². The molecule has 2 rings (SSSR count). The Labute approximate surface area is 128 Å². The molecule has 0 amide bonds. The van der Waals surface area contributed by atoms with Gasteiger partial charge in [-0.3, -0.25) is 4.68 Å². The molecule has 1 unspecified atom stereocenters. The van der Waals surface area contributed by atoms with Crippen molar-refractivity contribution in [2.24, 2.45) is 0 Å². The molecule has 0 aliphatic rings. The van der Waals surface area contributed by atoms with Crippen molar-refractivity contribution < 1.29 is 0 Å². The van der Waals surface area contributed by atoms with E-state index in [2.05, 4.69) is 72.3 Å². The second-order valence-electron chi connectivity index (χ2n) is 5.51. The fourth-order valence-electron chi connectivity index (χ4n) is 2.88. The fourth-order valence-corrected chi connectivity index (χ4v) is 2.88. The average molecular weight is 285 g/mol. The van der Waals surface area contributed by atoms with Crippen LogP contribution in [0.4, 0.5) is 0 Å². The number of nitrogens with zero attached hydrogens (tertiary/aromatic N) is 2. The summed E-state index contributed by atoms with van der Waals surface area (Å²) >= 11 is 0. The van der Waals surface area contributed by atoms with Gasteiger partial charge >= 0.3 is 0 Å². The Bertz CT molecular complexity index is 531. The molecule has 0 radical (unpaired) electrons. The Morgan fingerprint density at radius 2 is 1.95 bits per heavy atom. The highest BCUT2D eigenvalue weighted by molar-refractivity contribution is 5.19. The first-order valence-corrected chi connectivity index (χ1v) is 8.06. The lowest BCUT2D eigenvalue weighted by molar-refractivity contribution is 0.490. The molecule has 1 N–H and O–H groups in total. The Morgan fingerprint density at radius 3 is 2.62 bits per heavy atom. The Balaban J connectivity index is 1.93. The molecule has 0 saturated heterocycles. The molecule has 21 heavy (non-hydrogen) atoms. The van der Waals surface area contributed by atoms with Crippen LogP contribution in [0.1, 0.15) is 49.7 Å². The molecule has 114 valence electrons. The molecule has 0 spiro atoms. The van der Waals surface area contributed by atoms with Gasteiger partial charge in [-0.25, -0.2) is 0 Å². The third kappa shape index (κ3) is 4.43. The first-order chi connectivity index (χ1) is 10.2. The summed E-state index contributed by atoms with van der Waals surface area (Å²) in [6, 6.07) is 13.4. The van der Waals surface area contributed by atoms with Crippen molar-refractivity contribution in [1.29, 1.82) is 0 Å². The quantitative estimate of drug-likeness (QED) is 0.797. The zero-order valence-corrected chi connectivity index (χ0v) is 13.5. The number of nitrogens with one attached hydrogen (secondary N) is 1. The smallest absolute Gasteiger partial charge is 0.0596 e. The highest BCUT2D eigenvalue weighted by Crippen LogP contribution is 2.19. The first-order valence-electron chi connectivity index (χ1n) is 8.06. The normalized spacial score (nSPS) is 12.5. The third-order valence-corrected chi connectivity index (χ3v) is 3.86. The van der Waals surface area contributed by atoms with Crippen molar-refractivity contribution in [1.82, 2.24) is 15.1 Å². The van der Waals surface area contributed by atoms with E-state index in [1.165, 1.54) is 17.7 Å². The van der Waals surface area contributed by atoms with E-state index >= 15 is 0 Å². The highest BCUT2D eigenvalue weighted by Gasteiger charge is 2.10. The van der Waals surface area contributed by atoms with Crippen molar-refractivity contribution >= 4 is 0 Å². The van der Waals surface area contributed by atoms with Crippen molar-refractivity contribution in [3.05, 3.63) is 53.3 Å². The monoisotopic (exact) mass is 285 g/mol. The van der Waals surface area contributed by atoms with E-state index in [0.29, 0.717) is 6.04 Å². The van der Waals surface area contributed by atoms with Gasteiger partial charge in [0.25, 0.3) is 0 Å². The Morgan fingerprint density at radius 1 is 1.19 bits per heavy atom.